The van der Waals surface area contributed by atoms with Crippen LogP contribution in [0, 0.1) is 6.92 Å². The third kappa shape index (κ3) is 3.52. The molecule has 1 unspecified atom stereocenters. The van der Waals surface area contributed by atoms with Crippen LogP contribution in [0.2, 0.25) is 0 Å². The first kappa shape index (κ1) is 13.0. The highest BCUT2D eigenvalue weighted by atomic mass is 32.2. The maximum atomic E-state index is 10.1. The number of anilines is 1. The van der Waals surface area contributed by atoms with Crippen molar-refractivity contribution in [2.24, 2.45) is 0 Å². The number of hydrogen-bond acceptors (Lipinski definition) is 3. The lowest BCUT2D eigenvalue weighted by molar-refractivity contribution is 0.204. The van der Waals surface area contributed by atoms with Gasteiger partial charge in [0.1, 0.15) is 0 Å². The number of aliphatic hydroxyl groups is 1. The van der Waals surface area contributed by atoms with Crippen LogP contribution < -0.4 is 5.73 Å². The Morgan fingerprint density at radius 1 is 1.17 bits per heavy atom. The average Bonchev–Trinajstić information content (AvgIpc) is 2.38. The summed E-state index contributed by atoms with van der Waals surface area (Å²) in [4.78, 5) is 1.17. The number of nitrogens with two attached hydrogens (primary N) is 1. The summed E-state index contributed by atoms with van der Waals surface area (Å²) in [5, 5.41) is 10.1. The molecular formula is C15H17NOS. The Hall–Kier alpha value is -1.45. The van der Waals surface area contributed by atoms with Crippen molar-refractivity contribution in [1.82, 2.24) is 0 Å². The van der Waals surface area contributed by atoms with Crippen molar-refractivity contribution in [1.29, 1.82) is 0 Å². The predicted octanol–water partition coefficient (Wildman–Crippen LogP) is 3.40. The Morgan fingerprint density at radius 2 is 1.89 bits per heavy atom. The first-order valence-electron chi connectivity index (χ1n) is 5.88. The van der Waals surface area contributed by atoms with E-state index in [0.29, 0.717) is 11.4 Å². The third-order valence-electron chi connectivity index (χ3n) is 2.72. The normalized spacial score (nSPS) is 12.3. The van der Waals surface area contributed by atoms with Crippen LogP contribution >= 0.6 is 11.8 Å². The molecule has 0 bridgehead atoms. The summed E-state index contributed by atoms with van der Waals surface area (Å²) in [6.07, 6.45) is -0.486. The number of aryl methyl sites for hydroxylation is 1. The average molecular weight is 259 g/mol. The number of benzene rings is 2. The molecule has 0 heterocycles. The van der Waals surface area contributed by atoms with Crippen molar-refractivity contribution < 1.29 is 5.11 Å². The lowest BCUT2D eigenvalue weighted by atomic mass is 10.1. The van der Waals surface area contributed by atoms with Crippen LogP contribution in [0.3, 0.4) is 0 Å². The summed E-state index contributed by atoms with van der Waals surface area (Å²) in [5.41, 5.74) is 8.51. The van der Waals surface area contributed by atoms with Gasteiger partial charge < -0.3 is 10.8 Å². The topological polar surface area (TPSA) is 46.2 Å². The Morgan fingerprint density at radius 3 is 2.56 bits per heavy atom. The molecule has 0 amide bonds. The molecule has 0 saturated carbocycles. The van der Waals surface area contributed by atoms with Crippen LogP contribution in [0.15, 0.2) is 53.4 Å². The fourth-order valence-corrected chi connectivity index (χ4v) is 2.54. The second-order valence-corrected chi connectivity index (χ2v) is 5.40. The number of thioether (sulfide) groups is 1. The molecule has 0 saturated heterocycles. The highest BCUT2D eigenvalue weighted by Gasteiger charge is 2.08. The first-order chi connectivity index (χ1) is 8.65. The summed E-state index contributed by atoms with van der Waals surface area (Å²) in [5.74, 6) is 0.631. The predicted molar refractivity (Wildman–Crippen MR) is 77.7 cm³/mol. The van der Waals surface area contributed by atoms with Crippen molar-refractivity contribution in [3.8, 4) is 0 Å². The van der Waals surface area contributed by atoms with Gasteiger partial charge in [-0.15, -0.1) is 11.8 Å². The van der Waals surface area contributed by atoms with E-state index in [4.69, 9.17) is 5.73 Å². The monoisotopic (exact) mass is 259 g/mol. The molecular weight excluding hydrogens is 242 g/mol. The molecule has 0 spiro atoms. The molecule has 0 aliphatic heterocycles. The number of hydrogen-bond donors (Lipinski definition) is 2. The van der Waals surface area contributed by atoms with E-state index in [-0.39, 0.29) is 0 Å². The molecule has 0 fully saturated rings. The summed E-state index contributed by atoms with van der Waals surface area (Å²) < 4.78 is 0. The third-order valence-corrected chi connectivity index (χ3v) is 3.81. The van der Waals surface area contributed by atoms with Crippen LogP contribution in [-0.4, -0.2) is 10.9 Å². The van der Waals surface area contributed by atoms with Gasteiger partial charge in [-0.2, -0.15) is 0 Å². The van der Waals surface area contributed by atoms with Gasteiger partial charge in [0.2, 0.25) is 0 Å². The van der Waals surface area contributed by atoms with Gasteiger partial charge in [0.25, 0.3) is 0 Å². The van der Waals surface area contributed by atoms with Crippen LogP contribution in [0.1, 0.15) is 17.2 Å². The smallest absolute Gasteiger partial charge is 0.0884 e. The first-order valence-corrected chi connectivity index (χ1v) is 6.86. The Balaban J connectivity index is 1.96. The van der Waals surface area contributed by atoms with Crippen LogP contribution in [-0.2, 0) is 0 Å². The van der Waals surface area contributed by atoms with E-state index in [1.54, 1.807) is 11.8 Å². The number of aliphatic hydroxyl groups excluding tert-OH is 1. The maximum absolute atomic E-state index is 10.1. The van der Waals surface area contributed by atoms with E-state index >= 15 is 0 Å². The van der Waals surface area contributed by atoms with Gasteiger partial charge in [-0.05, 0) is 36.8 Å². The van der Waals surface area contributed by atoms with Gasteiger partial charge in [0.05, 0.1) is 6.10 Å². The highest BCUT2D eigenvalue weighted by Crippen LogP contribution is 2.25. The fourth-order valence-electron chi connectivity index (χ4n) is 1.67. The number of rotatable bonds is 4. The molecule has 1 atom stereocenters. The second-order valence-electron chi connectivity index (χ2n) is 4.31. The summed E-state index contributed by atoms with van der Waals surface area (Å²) in [6, 6.07) is 15.7. The molecule has 0 aromatic heterocycles. The standard InChI is InChI=1S/C15H17NOS/c1-11-5-7-14(8-6-11)18-10-15(17)12-3-2-4-13(16)9-12/h2-9,15,17H,10,16H2,1H3. The van der Waals surface area contributed by atoms with Gasteiger partial charge in [0.15, 0.2) is 0 Å². The van der Waals surface area contributed by atoms with E-state index < -0.39 is 6.10 Å². The van der Waals surface area contributed by atoms with E-state index in [1.165, 1.54) is 10.5 Å². The molecule has 0 aliphatic carbocycles. The van der Waals surface area contributed by atoms with Gasteiger partial charge in [0, 0.05) is 16.3 Å². The summed E-state index contributed by atoms with van der Waals surface area (Å²) >= 11 is 1.65. The van der Waals surface area contributed by atoms with Crippen molar-refractivity contribution in [3.05, 3.63) is 59.7 Å². The maximum Gasteiger partial charge on any atom is 0.0884 e. The molecule has 0 aliphatic rings. The lowest BCUT2D eigenvalue weighted by Gasteiger charge is -2.11. The molecule has 2 rings (SSSR count). The molecule has 2 aromatic rings. The van der Waals surface area contributed by atoms with E-state index in [1.807, 2.05) is 24.3 Å². The minimum Gasteiger partial charge on any atom is -0.399 e. The van der Waals surface area contributed by atoms with Gasteiger partial charge in [-0.3, -0.25) is 0 Å². The molecule has 0 radical (unpaired) electrons. The molecule has 18 heavy (non-hydrogen) atoms. The van der Waals surface area contributed by atoms with Crippen molar-refractivity contribution in [2.45, 2.75) is 17.9 Å². The van der Waals surface area contributed by atoms with Gasteiger partial charge in [-0.1, -0.05) is 29.8 Å². The van der Waals surface area contributed by atoms with Crippen molar-refractivity contribution >= 4 is 17.4 Å². The minimum atomic E-state index is -0.486. The van der Waals surface area contributed by atoms with E-state index in [9.17, 15) is 5.11 Å². The van der Waals surface area contributed by atoms with Crippen LogP contribution in [0.4, 0.5) is 5.69 Å². The van der Waals surface area contributed by atoms with E-state index in [2.05, 4.69) is 31.2 Å². The highest BCUT2D eigenvalue weighted by molar-refractivity contribution is 7.99. The SMILES string of the molecule is Cc1ccc(SCC(O)c2cccc(N)c2)cc1. The minimum absolute atomic E-state index is 0.486. The summed E-state index contributed by atoms with van der Waals surface area (Å²) in [7, 11) is 0. The zero-order chi connectivity index (χ0) is 13.0. The van der Waals surface area contributed by atoms with Crippen LogP contribution in [0.5, 0.6) is 0 Å². The Kier molecular flexibility index (Phi) is 4.28. The zero-order valence-corrected chi connectivity index (χ0v) is 11.2. The van der Waals surface area contributed by atoms with Crippen LogP contribution in [0.25, 0.3) is 0 Å². The lowest BCUT2D eigenvalue weighted by Crippen LogP contribution is -2.01. The molecule has 3 N–H and O–H groups in total. The van der Waals surface area contributed by atoms with Crippen molar-refractivity contribution in [2.75, 3.05) is 11.5 Å². The molecule has 2 nitrogen and oxygen atoms in total. The van der Waals surface area contributed by atoms with E-state index in [0.717, 1.165) is 5.56 Å². The molecule has 94 valence electrons. The number of nitrogen functional groups attached to an aromatic ring is 1. The molecule has 2 aromatic carbocycles. The quantitative estimate of drug-likeness (QED) is 0.653. The largest absolute Gasteiger partial charge is 0.399 e. The van der Waals surface area contributed by atoms with Crippen molar-refractivity contribution in [3.63, 3.8) is 0 Å². The Bertz CT molecular complexity index is 510. The zero-order valence-electron chi connectivity index (χ0n) is 10.3. The Labute approximate surface area is 112 Å². The van der Waals surface area contributed by atoms with Gasteiger partial charge in [-0.25, -0.2) is 0 Å². The molecule has 3 heteroatoms. The second kappa shape index (κ2) is 5.94. The van der Waals surface area contributed by atoms with Gasteiger partial charge >= 0.3 is 0 Å². The fraction of sp³-hybridized carbons (Fsp3) is 0.200. The summed E-state index contributed by atoms with van der Waals surface area (Å²) in [6.45, 7) is 2.07.